The van der Waals surface area contributed by atoms with E-state index in [4.69, 9.17) is 25.3 Å². The predicted octanol–water partition coefficient (Wildman–Crippen LogP) is 14.0. The van der Waals surface area contributed by atoms with Crippen molar-refractivity contribution in [1.29, 1.82) is 0 Å². The summed E-state index contributed by atoms with van der Waals surface area (Å²) in [6, 6.07) is -17.6. The predicted molar refractivity (Wildman–Crippen MR) is 383 cm³/mol. The number of benzene rings is 13. The topological polar surface area (TPSA) is 35.9 Å². The van der Waals surface area contributed by atoms with Gasteiger partial charge in [-0.25, -0.2) is 4.98 Å². The summed E-state index contributed by atoms with van der Waals surface area (Å²) in [5.41, 5.74) is -4.39. The Morgan fingerprint density at radius 1 is 0.441 bits per heavy atom. The number of aromatic nitrogens is 4. The number of hydrogen-bond donors (Lipinski definition) is 0. The van der Waals surface area contributed by atoms with E-state index >= 15 is 0 Å². The van der Waals surface area contributed by atoms with Crippen LogP contribution >= 0.6 is 0 Å². The molecule has 0 N–H and O–H groups in total. The van der Waals surface area contributed by atoms with Crippen LogP contribution in [0.5, 0.6) is 11.5 Å². The molecule has 0 atom stereocenters. The van der Waals surface area contributed by atoms with E-state index in [1.807, 2.05) is 0 Å². The third-order valence-corrected chi connectivity index (χ3v) is 23.8. The first-order chi connectivity index (χ1) is 63.3. The molecule has 0 amide bonds. The van der Waals surface area contributed by atoms with Gasteiger partial charge in [0.2, 0.25) is 0 Å². The first-order valence-corrected chi connectivity index (χ1v) is 31.7. The summed E-state index contributed by atoms with van der Waals surface area (Å²) in [5, 5.41) is -6.80. The summed E-state index contributed by atoms with van der Waals surface area (Å²) >= 11 is 0. The van der Waals surface area contributed by atoms with Crippen molar-refractivity contribution in [2.24, 2.45) is 0 Å². The third kappa shape index (κ3) is 10.2. The van der Waals surface area contributed by atoms with Crippen LogP contribution in [0.25, 0.3) is 72.3 Å². The number of fused-ring (bicyclic) bond motifs is 4. The number of para-hydroxylation sites is 2. The number of aryl methyl sites for hydroxylation is 1. The van der Waals surface area contributed by atoms with Crippen LogP contribution in [0.15, 0.2) is 345 Å². The zero-order chi connectivity index (χ0) is 98.7. The Kier molecular flexibility index (Phi) is 7.56. The molecule has 0 spiro atoms. The molecule has 0 aliphatic heterocycles. The molecule has 16 rings (SSSR count). The number of ether oxygens (including phenoxy) is 1. The van der Waals surface area contributed by atoms with Crippen molar-refractivity contribution in [3.63, 3.8) is 0 Å². The van der Waals surface area contributed by atoms with Gasteiger partial charge in [0.25, 0.3) is 6.33 Å². The summed E-state index contributed by atoms with van der Waals surface area (Å²) in [5.74, 6) is -0.592. The van der Waals surface area contributed by atoms with E-state index < -0.39 is 345 Å². The van der Waals surface area contributed by atoms with Crippen molar-refractivity contribution in [3.8, 4) is 50.9 Å². The van der Waals surface area contributed by atoms with Crippen LogP contribution in [0.4, 0.5) is 0 Å². The van der Waals surface area contributed by atoms with Gasteiger partial charge in [0.05, 0.1) is 71.6 Å². The zero-order valence-electron chi connectivity index (χ0n) is 90.3. The molecule has 5 nitrogen and oxygen atoms in total. The van der Waals surface area contributed by atoms with Gasteiger partial charge < -0.3 is 13.9 Å². The summed E-state index contributed by atoms with van der Waals surface area (Å²) < 4.78 is 415. The molecule has 3 aromatic heterocycles. The number of nitrogens with zero attached hydrogens (tertiary/aromatic N) is 4. The van der Waals surface area contributed by atoms with E-state index in [0.29, 0.717) is 16.3 Å². The van der Waals surface area contributed by atoms with Gasteiger partial charge in [-0.1, -0.05) is 302 Å². The van der Waals surface area contributed by atoms with Gasteiger partial charge >= 0.3 is 0 Å². The van der Waals surface area contributed by atoms with Crippen molar-refractivity contribution >= 4 is 90.5 Å². The summed E-state index contributed by atoms with van der Waals surface area (Å²) in [6.45, 7) is -3.06. The fraction of sp³-hybridized carbons (Fsp3) is 0.0118. The molecule has 13 aromatic carbocycles. The van der Waals surface area contributed by atoms with Gasteiger partial charge in [0, 0.05) is 54.0 Å². The fourth-order valence-corrected chi connectivity index (χ4v) is 19.4. The van der Waals surface area contributed by atoms with Crippen LogP contribution in [-0.4, -0.2) is 30.3 Å². The van der Waals surface area contributed by atoms with Crippen molar-refractivity contribution in [2.75, 3.05) is 0 Å². The summed E-state index contributed by atoms with van der Waals surface area (Å²) in [7, 11) is -12.9. The number of rotatable bonds is 15. The van der Waals surface area contributed by atoms with Crippen molar-refractivity contribution < 1.29 is 89.3 Å². The average Bonchev–Trinajstić information content (AvgIpc) is 0.920. The van der Waals surface area contributed by atoms with Crippen LogP contribution in [0, 0.1) is 25.3 Å². The molecule has 16 aromatic rings. The Morgan fingerprint density at radius 2 is 0.946 bits per heavy atom. The molecule has 0 aliphatic rings. The van der Waals surface area contributed by atoms with Gasteiger partial charge in [-0.3, -0.25) is 4.57 Å². The first-order valence-electron chi connectivity index (χ1n) is 49.2. The normalized spacial score (nSPS) is 18.3. The average molecular weight is 1450 g/mol. The third-order valence-electron chi connectivity index (χ3n) is 15.4. The Hall–Kier alpha value is -10.8. The van der Waals surface area contributed by atoms with Gasteiger partial charge in [0.1, 0.15) is 5.82 Å². The van der Waals surface area contributed by atoms with E-state index in [0.717, 1.165) is 57.8 Å². The van der Waals surface area contributed by atoms with Crippen LogP contribution in [0.2, 0.25) is 0 Å². The maximum atomic E-state index is 10.2. The minimum atomic E-state index is -6.61. The molecule has 0 saturated heterocycles. The standard InChI is InChI=1S/C85H60N4OSi2.Pt/c1-62-56-84(86-60-78(62)64-32-12-3-13-33-64)89-79-50-27-26-48-76(79)77-54-52-67(58-81(77)89)90-66-35-28-34-65(57-66)87-61-88(80-55-53-74(59-82(80)87)91(68-36-14-4-15-37-68,69-38-16-5-17-39-69)70-40-18-6-19-41-70)85-75(63-30-10-2-11-31-63)49-29-51-83(85)92(71-42-20-7-21-43-71,72-44-22-8-23-45-72)73-46-24-9-25-47-73;/h2-56,59-60H,1H3;/q-2;/i1D3,2D,3D,4D,5D,6D,7D,8D,9D,10D,11D,12D,13D,14D,15D,16D,17D,18D,19D,20D,21D,22D,23D,24D,25D,30D,31D,32D,33D,36D,37D,38D,39D,40D,41D,42D,43D,44D,45D,46D,47D;. The molecule has 0 aliphatic carbocycles. The van der Waals surface area contributed by atoms with E-state index in [9.17, 15) is 38.4 Å². The molecule has 446 valence electrons. The van der Waals surface area contributed by atoms with E-state index in [1.54, 1.807) is 30.3 Å². The van der Waals surface area contributed by atoms with Crippen LogP contribution < -0.4 is 50.8 Å². The van der Waals surface area contributed by atoms with E-state index in [-0.39, 0.29) is 55.1 Å². The minimum Gasteiger partial charge on any atom is -0.510 e. The maximum Gasteiger partial charge on any atom is 0.268 e. The minimum absolute atomic E-state index is 0. The molecular weight excluding hydrogens is 1340 g/mol. The van der Waals surface area contributed by atoms with Crippen molar-refractivity contribution in [3.05, 3.63) is 369 Å². The molecule has 0 unspecified atom stereocenters. The molecule has 0 fully saturated rings. The Bertz CT molecular complexity index is 7430. The summed E-state index contributed by atoms with van der Waals surface area (Å²) in [6.07, 6.45) is 4.21. The second-order valence-corrected chi connectivity index (χ2v) is 27.3. The van der Waals surface area contributed by atoms with Crippen LogP contribution in [0.1, 0.15) is 64.5 Å². The summed E-state index contributed by atoms with van der Waals surface area (Å²) in [4.78, 5) is 4.65. The van der Waals surface area contributed by atoms with Crippen molar-refractivity contribution in [2.45, 2.75) is 6.85 Å². The molecule has 0 bridgehead atoms. The smallest absolute Gasteiger partial charge is 0.268 e. The second kappa shape index (κ2) is 25.1. The quantitative estimate of drug-likeness (QED) is 0.0444. The molecule has 0 saturated carbocycles. The monoisotopic (exact) mass is 1450 g/mol. The van der Waals surface area contributed by atoms with Gasteiger partial charge in [-0.15, -0.1) is 29.7 Å². The van der Waals surface area contributed by atoms with Crippen LogP contribution in [0.3, 0.4) is 0 Å². The number of pyridine rings is 1. The van der Waals surface area contributed by atoms with E-state index in [2.05, 4.69) is 23.4 Å². The Morgan fingerprint density at radius 3 is 1.51 bits per heavy atom. The zero-order valence-corrected chi connectivity index (χ0v) is 51.6. The largest absolute Gasteiger partial charge is 0.510 e. The molecular formula is C85H60N4OPtSi2-2. The number of imidazole rings is 1. The maximum absolute atomic E-state index is 10.2. The SMILES string of the molecule is [2H]c1c([2H])c([2H])c(-c2cnc(-n3c4[c-]c(Oc5[c-]c(-n6[c-][n+](-c7c(-c8c([2H])c([2H])c([2H])c([2H])c8[2H])cccc7[Si](c7c([2H])c([2H])c([2H])c([2H])c7[2H])(c7c([2H])c([2H])c([2H])c([2H])c7[2H])c7c([2H])c([2H])c([2H])c([2H])c7[2H])c7ccc([Si](c8c([2H])c([2H])c([2H])c([2H])c8[2H])(c8c([2H])c([2H])c([2H])c([2H])c8[2H])c8c([2H])c([2H])c([2H])c([2H])c8[2H])cc76)ccc5)ccc4c4ccccc43)cc2C([2H])([2H])[2H])c([2H])c1[2H].[Pt]. The Labute approximate surface area is 619 Å². The fourth-order valence-electron chi connectivity index (χ4n) is 11.6. The van der Waals surface area contributed by atoms with Gasteiger partial charge in [0.15, 0.2) is 16.1 Å². The van der Waals surface area contributed by atoms with E-state index in [1.165, 1.54) is 28.8 Å². The second-order valence-electron chi connectivity index (χ2n) is 20.2. The molecule has 0 radical (unpaired) electrons. The molecule has 3 heterocycles. The van der Waals surface area contributed by atoms with Gasteiger partial charge in [-0.05, 0) is 93.8 Å². The van der Waals surface area contributed by atoms with Gasteiger partial charge in [-0.2, -0.15) is 18.2 Å². The molecule has 8 heteroatoms. The molecule has 93 heavy (non-hydrogen) atoms. The first kappa shape index (κ1) is 28.0. The Balaban J connectivity index is 0.0000141. The van der Waals surface area contributed by atoms with Crippen LogP contribution in [-0.2, 0) is 21.1 Å². The van der Waals surface area contributed by atoms with Crippen molar-refractivity contribution in [1.82, 2.24) is 14.1 Å². The number of hydrogen-bond acceptors (Lipinski definition) is 2.